The van der Waals surface area contributed by atoms with E-state index >= 15 is 0 Å². The minimum absolute atomic E-state index is 0.187. The molecule has 0 aliphatic carbocycles. The monoisotopic (exact) mass is 294 g/mol. The van der Waals surface area contributed by atoms with Crippen molar-refractivity contribution in [2.45, 2.75) is 25.3 Å². The molecule has 2 rings (SSSR count). The van der Waals surface area contributed by atoms with Crippen molar-refractivity contribution in [1.29, 1.82) is 0 Å². The Labute approximate surface area is 122 Å². The molecule has 0 spiro atoms. The molecule has 0 aromatic heterocycles. The number of hydrogen-bond donors (Lipinski definition) is 2. The highest BCUT2D eigenvalue weighted by Gasteiger charge is 2.31. The van der Waals surface area contributed by atoms with Gasteiger partial charge in [-0.15, -0.1) is 0 Å². The summed E-state index contributed by atoms with van der Waals surface area (Å²) in [5, 5.41) is 10.9. The van der Waals surface area contributed by atoms with E-state index in [0.717, 1.165) is 12.0 Å². The summed E-state index contributed by atoms with van der Waals surface area (Å²) in [6.45, 7) is 2.58. The van der Waals surface area contributed by atoms with Gasteiger partial charge < -0.3 is 10.4 Å². The van der Waals surface area contributed by atoms with E-state index in [1.165, 1.54) is 12.1 Å². The third kappa shape index (κ3) is 4.26. The van der Waals surface area contributed by atoms with E-state index in [4.69, 9.17) is 5.11 Å². The van der Waals surface area contributed by atoms with Gasteiger partial charge in [0.25, 0.3) is 0 Å². The molecule has 6 heteroatoms. The average molecular weight is 294 g/mol. The largest absolute Gasteiger partial charge is 0.480 e. The predicted molar refractivity (Wildman–Crippen MR) is 75.4 cm³/mol. The maximum atomic E-state index is 12.9. The van der Waals surface area contributed by atoms with E-state index in [2.05, 4.69) is 5.32 Å². The highest BCUT2D eigenvalue weighted by Crippen LogP contribution is 2.31. The number of nitrogens with one attached hydrogen (secondary N) is 1. The van der Waals surface area contributed by atoms with Gasteiger partial charge in [0.05, 0.1) is 6.54 Å². The lowest BCUT2D eigenvalue weighted by Gasteiger charge is -2.20. The smallest absolute Gasteiger partial charge is 0.322 e. The number of carbonyl (C=O) groups is 2. The summed E-state index contributed by atoms with van der Waals surface area (Å²) in [6.07, 6.45) is 0.901. The van der Waals surface area contributed by atoms with Gasteiger partial charge in [-0.1, -0.05) is 12.1 Å². The zero-order valence-corrected chi connectivity index (χ0v) is 11.9. The Balaban J connectivity index is 1.90. The molecule has 114 valence electrons. The first-order chi connectivity index (χ1) is 9.95. The van der Waals surface area contributed by atoms with Crippen molar-refractivity contribution in [1.82, 2.24) is 10.2 Å². The van der Waals surface area contributed by atoms with Gasteiger partial charge in [-0.2, -0.15) is 0 Å². The number of rotatable bonds is 5. The van der Waals surface area contributed by atoms with Crippen LogP contribution >= 0.6 is 0 Å². The van der Waals surface area contributed by atoms with Gasteiger partial charge in [0.2, 0.25) is 5.91 Å². The van der Waals surface area contributed by atoms with Crippen LogP contribution in [0, 0.1) is 5.82 Å². The second kappa shape index (κ2) is 6.67. The van der Waals surface area contributed by atoms with E-state index in [-0.39, 0.29) is 36.8 Å². The summed E-state index contributed by atoms with van der Waals surface area (Å²) in [5.41, 5.74) is 1.07. The fourth-order valence-corrected chi connectivity index (χ4v) is 2.71. The second-order valence-electron chi connectivity index (χ2n) is 5.43. The number of hydrogen-bond acceptors (Lipinski definition) is 3. The molecular weight excluding hydrogens is 275 g/mol. The molecular formula is C15H19FN2O3. The molecule has 1 aromatic carbocycles. The third-order valence-electron chi connectivity index (χ3n) is 3.83. The number of nitrogens with zero attached hydrogens (tertiary/aromatic N) is 1. The van der Waals surface area contributed by atoms with Gasteiger partial charge in [0.1, 0.15) is 12.4 Å². The molecule has 1 saturated heterocycles. The minimum Gasteiger partial charge on any atom is -0.480 e. The van der Waals surface area contributed by atoms with Crippen molar-refractivity contribution in [3.63, 3.8) is 0 Å². The lowest BCUT2D eigenvalue weighted by Crippen LogP contribution is -2.40. The summed E-state index contributed by atoms with van der Waals surface area (Å²) in [6, 6.07) is 6.68. The average Bonchev–Trinajstić information content (AvgIpc) is 2.78. The van der Waals surface area contributed by atoms with Crippen LogP contribution in [0.2, 0.25) is 0 Å². The molecule has 5 nitrogen and oxygen atoms in total. The molecule has 1 fully saturated rings. The summed E-state index contributed by atoms with van der Waals surface area (Å²) >= 11 is 0. The number of carboxylic acid groups (broad SMARTS) is 1. The first-order valence-corrected chi connectivity index (χ1v) is 6.93. The van der Waals surface area contributed by atoms with E-state index < -0.39 is 5.97 Å². The van der Waals surface area contributed by atoms with Crippen LogP contribution in [-0.2, 0) is 9.59 Å². The minimum atomic E-state index is -1.05. The van der Waals surface area contributed by atoms with Crippen molar-refractivity contribution in [2.75, 3.05) is 19.6 Å². The predicted octanol–water partition coefficient (Wildman–Crippen LogP) is 1.20. The van der Waals surface area contributed by atoms with E-state index in [0.29, 0.717) is 6.54 Å². The molecule has 2 atom stereocenters. The maximum absolute atomic E-state index is 12.9. The lowest BCUT2D eigenvalue weighted by atomic mass is 9.97. The lowest BCUT2D eigenvalue weighted by molar-refractivity contribution is -0.138. The quantitative estimate of drug-likeness (QED) is 0.856. The van der Waals surface area contributed by atoms with Crippen molar-refractivity contribution in [3.05, 3.63) is 35.6 Å². The molecule has 1 aliphatic heterocycles. The SMILES string of the molecule is C[C@@H]1C[C@@H](c2ccc(F)cc2)CN1CC(=O)NCC(=O)O. The van der Waals surface area contributed by atoms with Crippen LogP contribution in [0.4, 0.5) is 4.39 Å². The summed E-state index contributed by atoms with van der Waals surface area (Å²) < 4.78 is 12.9. The van der Waals surface area contributed by atoms with Crippen LogP contribution in [0.25, 0.3) is 0 Å². The van der Waals surface area contributed by atoms with Gasteiger partial charge in [-0.3, -0.25) is 14.5 Å². The van der Waals surface area contributed by atoms with Gasteiger partial charge in [-0.05, 0) is 37.0 Å². The van der Waals surface area contributed by atoms with E-state index in [1.807, 2.05) is 11.8 Å². The highest BCUT2D eigenvalue weighted by molar-refractivity contribution is 5.82. The Morgan fingerprint density at radius 2 is 2.05 bits per heavy atom. The van der Waals surface area contributed by atoms with Crippen molar-refractivity contribution < 1.29 is 19.1 Å². The van der Waals surface area contributed by atoms with Crippen molar-refractivity contribution in [2.24, 2.45) is 0 Å². The van der Waals surface area contributed by atoms with Crippen LogP contribution in [0.1, 0.15) is 24.8 Å². The zero-order chi connectivity index (χ0) is 15.4. The first-order valence-electron chi connectivity index (χ1n) is 6.93. The summed E-state index contributed by atoms with van der Waals surface area (Å²) in [4.78, 5) is 24.1. The zero-order valence-electron chi connectivity index (χ0n) is 11.9. The van der Waals surface area contributed by atoms with Crippen LogP contribution in [0.15, 0.2) is 24.3 Å². The normalized spacial score (nSPS) is 22.2. The number of halogens is 1. The van der Waals surface area contributed by atoms with Crippen molar-refractivity contribution >= 4 is 11.9 Å². The van der Waals surface area contributed by atoms with Crippen LogP contribution < -0.4 is 5.32 Å². The second-order valence-corrected chi connectivity index (χ2v) is 5.43. The Bertz CT molecular complexity index is 518. The van der Waals surface area contributed by atoms with Gasteiger partial charge in [-0.25, -0.2) is 4.39 Å². The molecule has 0 radical (unpaired) electrons. The van der Waals surface area contributed by atoms with Crippen LogP contribution in [-0.4, -0.2) is 47.6 Å². The van der Waals surface area contributed by atoms with Gasteiger partial charge in [0.15, 0.2) is 0 Å². The topological polar surface area (TPSA) is 69.6 Å². The molecule has 0 saturated carbocycles. The molecule has 2 N–H and O–H groups in total. The van der Waals surface area contributed by atoms with E-state index in [1.54, 1.807) is 12.1 Å². The Hall–Kier alpha value is -1.95. The fourth-order valence-electron chi connectivity index (χ4n) is 2.71. The van der Waals surface area contributed by atoms with Crippen LogP contribution in [0.3, 0.4) is 0 Å². The number of carboxylic acids is 1. The van der Waals surface area contributed by atoms with Crippen LogP contribution in [0.5, 0.6) is 0 Å². The first kappa shape index (κ1) is 15.4. The number of benzene rings is 1. The Morgan fingerprint density at radius 1 is 1.38 bits per heavy atom. The number of carbonyl (C=O) groups excluding carboxylic acids is 1. The fraction of sp³-hybridized carbons (Fsp3) is 0.467. The van der Waals surface area contributed by atoms with Gasteiger partial charge in [0, 0.05) is 12.6 Å². The number of amides is 1. The molecule has 0 bridgehead atoms. The summed E-state index contributed by atoms with van der Waals surface area (Å²) in [5.74, 6) is -1.33. The highest BCUT2D eigenvalue weighted by atomic mass is 19.1. The molecule has 0 unspecified atom stereocenters. The number of likely N-dealkylation sites (tertiary alicyclic amines) is 1. The Morgan fingerprint density at radius 3 is 2.67 bits per heavy atom. The summed E-state index contributed by atoms with van der Waals surface area (Å²) in [7, 11) is 0. The maximum Gasteiger partial charge on any atom is 0.322 e. The molecule has 21 heavy (non-hydrogen) atoms. The van der Waals surface area contributed by atoms with Crippen molar-refractivity contribution in [3.8, 4) is 0 Å². The molecule has 1 aliphatic rings. The standard InChI is InChI=1S/C15H19FN2O3/c1-10-6-12(11-2-4-13(16)5-3-11)8-18(10)9-14(19)17-7-15(20)21/h2-5,10,12H,6-9H2,1H3,(H,17,19)(H,20,21)/t10-,12-/m1/s1. The molecule has 1 aromatic rings. The van der Waals surface area contributed by atoms with E-state index in [9.17, 15) is 14.0 Å². The molecule has 1 amide bonds. The third-order valence-corrected chi connectivity index (χ3v) is 3.83. The molecule has 1 heterocycles. The Kier molecular flexibility index (Phi) is 4.90. The number of aliphatic carboxylic acids is 1. The van der Waals surface area contributed by atoms with Gasteiger partial charge >= 0.3 is 5.97 Å².